The van der Waals surface area contributed by atoms with Gasteiger partial charge in [-0.05, 0) is 76.7 Å². The summed E-state index contributed by atoms with van der Waals surface area (Å²) in [5, 5.41) is 3.31. The fraction of sp³-hybridized carbons (Fsp3) is 1.00. The molecule has 2 rings (SSSR count). The predicted molar refractivity (Wildman–Crippen MR) is 65.0 cm³/mol. The van der Waals surface area contributed by atoms with E-state index in [1.807, 2.05) is 0 Å². The van der Waals surface area contributed by atoms with Crippen LogP contribution in [0.15, 0.2) is 0 Å². The molecule has 0 radical (unpaired) electrons. The number of hydrogen-bond acceptors (Lipinski definition) is 2. The Labute approximate surface area is 94.4 Å². The first-order valence-electron chi connectivity index (χ1n) is 6.65. The number of hydrogen-bond donors (Lipinski definition) is 1. The average Bonchev–Trinajstić information content (AvgIpc) is 2.19. The summed E-state index contributed by atoms with van der Waals surface area (Å²) in [5.74, 6) is 0.979. The number of nitrogens with zero attached hydrogens (tertiary/aromatic N) is 1. The second kappa shape index (κ2) is 4.84. The molecule has 88 valence electrons. The molecule has 0 aromatic carbocycles. The summed E-state index contributed by atoms with van der Waals surface area (Å²) >= 11 is 0. The minimum atomic E-state index is 0.770. The van der Waals surface area contributed by atoms with Gasteiger partial charge in [0, 0.05) is 0 Å². The molecule has 0 atom stereocenters. The van der Waals surface area contributed by atoms with Crippen molar-refractivity contribution in [2.45, 2.75) is 39.0 Å². The van der Waals surface area contributed by atoms with Crippen molar-refractivity contribution in [2.24, 2.45) is 11.3 Å². The van der Waals surface area contributed by atoms with E-state index in [1.165, 1.54) is 58.3 Å². The maximum atomic E-state index is 3.31. The Morgan fingerprint density at radius 1 is 1.27 bits per heavy atom. The summed E-state index contributed by atoms with van der Waals surface area (Å²) in [4.78, 5) is 2.65. The Kier molecular flexibility index (Phi) is 3.68. The number of rotatable bonds is 4. The third-order valence-electron chi connectivity index (χ3n) is 4.39. The molecule has 15 heavy (non-hydrogen) atoms. The first kappa shape index (κ1) is 11.4. The molecule has 0 bridgehead atoms. The van der Waals surface area contributed by atoms with Crippen LogP contribution in [0.4, 0.5) is 0 Å². The lowest BCUT2D eigenvalue weighted by molar-refractivity contribution is -0.0116. The SMILES string of the molecule is CCCN1CCC2(CC1)CC(CNC)C2. The fourth-order valence-electron chi connectivity index (χ4n) is 3.57. The highest BCUT2D eigenvalue weighted by Crippen LogP contribution is 2.52. The van der Waals surface area contributed by atoms with Crippen molar-refractivity contribution < 1.29 is 0 Å². The highest BCUT2D eigenvalue weighted by Gasteiger charge is 2.44. The van der Waals surface area contributed by atoms with Gasteiger partial charge in [-0.15, -0.1) is 0 Å². The standard InChI is InChI=1S/C13H26N2/c1-3-6-15-7-4-13(5-8-15)9-12(10-13)11-14-2/h12,14H,3-11H2,1-2H3. The molecule has 1 aliphatic carbocycles. The molecule has 1 N–H and O–H groups in total. The Hall–Kier alpha value is -0.0800. The third-order valence-corrected chi connectivity index (χ3v) is 4.39. The molecular formula is C13H26N2. The molecule has 2 fully saturated rings. The van der Waals surface area contributed by atoms with Crippen LogP contribution in [-0.4, -0.2) is 38.1 Å². The first-order valence-corrected chi connectivity index (χ1v) is 6.65. The van der Waals surface area contributed by atoms with Crippen molar-refractivity contribution in [3.63, 3.8) is 0 Å². The van der Waals surface area contributed by atoms with Crippen LogP contribution in [0.2, 0.25) is 0 Å². The monoisotopic (exact) mass is 210 g/mol. The van der Waals surface area contributed by atoms with Crippen LogP contribution in [0.5, 0.6) is 0 Å². The minimum absolute atomic E-state index is 0.770. The van der Waals surface area contributed by atoms with Crippen LogP contribution in [0.25, 0.3) is 0 Å². The molecule has 1 spiro atoms. The number of likely N-dealkylation sites (tertiary alicyclic amines) is 1. The molecule has 2 aliphatic rings. The van der Waals surface area contributed by atoms with Gasteiger partial charge in [0.25, 0.3) is 0 Å². The van der Waals surface area contributed by atoms with Gasteiger partial charge in [-0.2, -0.15) is 0 Å². The van der Waals surface area contributed by atoms with Crippen molar-refractivity contribution >= 4 is 0 Å². The molecule has 1 saturated carbocycles. The van der Waals surface area contributed by atoms with Gasteiger partial charge < -0.3 is 10.2 Å². The summed E-state index contributed by atoms with van der Waals surface area (Å²) in [6.45, 7) is 7.56. The summed E-state index contributed by atoms with van der Waals surface area (Å²) in [6, 6.07) is 0. The van der Waals surface area contributed by atoms with Gasteiger partial charge in [-0.1, -0.05) is 6.92 Å². The van der Waals surface area contributed by atoms with E-state index in [2.05, 4.69) is 24.2 Å². The second-order valence-electron chi connectivity index (χ2n) is 5.67. The summed E-state index contributed by atoms with van der Waals surface area (Å²) < 4.78 is 0. The average molecular weight is 210 g/mol. The molecule has 0 amide bonds. The number of piperidine rings is 1. The van der Waals surface area contributed by atoms with Crippen LogP contribution in [0.3, 0.4) is 0 Å². The normalized spacial score (nSPS) is 26.8. The zero-order chi connectivity index (χ0) is 10.7. The first-order chi connectivity index (χ1) is 7.28. The van der Waals surface area contributed by atoms with E-state index in [4.69, 9.17) is 0 Å². The lowest BCUT2D eigenvalue weighted by Gasteiger charge is -2.52. The van der Waals surface area contributed by atoms with Gasteiger partial charge in [0.15, 0.2) is 0 Å². The Morgan fingerprint density at radius 2 is 1.93 bits per heavy atom. The molecule has 2 nitrogen and oxygen atoms in total. The second-order valence-corrected chi connectivity index (χ2v) is 5.67. The fourth-order valence-corrected chi connectivity index (χ4v) is 3.57. The van der Waals surface area contributed by atoms with Crippen LogP contribution in [-0.2, 0) is 0 Å². The lowest BCUT2D eigenvalue weighted by atomic mass is 9.57. The Balaban J connectivity index is 1.70. The topological polar surface area (TPSA) is 15.3 Å². The van der Waals surface area contributed by atoms with E-state index in [1.54, 1.807) is 0 Å². The zero-order valence-corrected chi connectivity index (χ0v) is 10.4. The van der Waals surface area contributed by atoms with Crippen molar-refractivity contribution in [3.8, 4) is 0 Å². The molecule has 1 saturated heterocycles. The Morgan fingerprint density at radius 3 is 2.47 bits per heavy atom. The quantitative estimate of drug-likeness (QED) is 0.764. The van der Waals surface area contributed by atoms with Gasteiger partial charge in [-0.3, -0.25) is 0 Å². The van der Waals surface area contributed by atoms with E-state index in [0.29, 0.717) is 0 Å². The summed E-state index contributed by atoms with van der Waals surface area (Å²) in [6.07, 6.45) is 7.23. The third kappa shape index (κ3) is 2.54. The van der Waals surface area contributed by atoms with Crippen molar-refractivity contribution in [3.05, 3.63) is 0 Å². The van der Waals surface area contributed by atoms with E-state index in [0.717, 1.165) is 11.3 Å². The molecule has 2 heteroatoms. The van der Waals surface area contributed by atoms with Gasteiger partial charge in [0.2, 0.25) is 0 Å². The van der Waals surface area contributed by atoms with Gasteiger partial charge in [0.1, 0.15) is 0 Å². The van der Waals surface area contributed by atoms with Gasteiger partial charge in [0.05, 0.1) is 0 Å². The van der Waals surface area contributed by atoms with Crippen molar-refractivity contribution in [2.75, 3.05) is 33.2 Å². The van der Waals surface area contributed by atoms with Crippen LogP contribution >= 0.6 is 0 Å². The van der Waals surface area contributed by atoms with E-state index < -0.39 is 0 Å². The van der Waals surface area contributed by atoms with Gasteiger partial charge >= 0.3 is 0 Å². The summed E-state index contributed by atoms with van der Waals surface area (Å²) in [7, 11) is 2.08. The lowest BCUT2D eigenvalue weighted by Crippen LogP contribution is -2.49. The molecular weight excluding hydrogens is 184 g/mol. The minimum Gasteiger partial charge on any atom is -0.319 e. The van der Waals surface area contributed by atoms with Crippen molar-refractivity contribution in [1.29, 1.82) is 0 Å². The Bertz CT molecular complexity index is 187. The van der Waals surface area contributed by atoms with Crippen LogP contribution < -0.4 is 5.32 Å². The van der Waals surface area contributed by atoms with Crippen LogP contribution in [0.1, 0.15) is 39.0 Å². The van der Waals surface area contributed by atoms with E-state index in [9.17, 15) is 0 Å². The predicted octanol–water partition coefficient (Wildman–Crippen LogP) is 2.11. The van der Waals surface area contributed by atoms with Crippen molar-refractivity contribution in [1.82, 2.24) is 10.2 Å². The van der Waals surface area contributed by atoms with Crippen LogP contribution in [0, 0.1) is 11.3 Å². The van der Waals surface area contributed by atoms with Gasteiger partial charge in [-0.25, -0.2) is 0 Å². The highest BCUT2D eigenvalue weighted by molar-refractivity contribution is 4.97. The number of nitrogens with one attached hydrogen (secondary N) is 1. The maximum Gasteiger partial charge on any atom is -0.00134 e. The zero-order valence-electron chi connectivity index (χ0n) is 10.4. The highest BCUT2D eigenvalue weighted by atomic mass is 15.1. The molecule has 1 heterocycles. The molecule has 0 aromatic heterocycles. The molecule has 0 unspecified atom stereocenters. The molecule has 0 aromatic rings. The molecule has 1 aliphatic heterocycles. The smallest absolute Gasteiger partial charge is 0.00134 e. The van der Waals surface area contributed by atoms with E-state index in [-0.39, 0.29) is 0 Å². The van der Waals surface area contributed by atoms with E-state index >= 15 is 0 Å². The largest absolute Gasteiger partial charge is 0.319 e. The maximum absolute atomic E-state index is 3.31. The summed E-state index contributed by atoms with van der Waals surface area (Å²) in [5.41, 5.74) is 0.770.